The van der Waals surface area contributed by atoms with Crippen molar-refractivity contribution in [3.05, 3.63) is 53.1 Å². The van der Waals surface area contributed by atoms with Crippen molar-refractivity contribution >= 4 is 23.0 Å². The minimum absolute atomic E-state index is 0.141. The lowest BCUT2D eigenvalue weighted by Gasteiger charge is -2.14. The Labute approximate surface area is 119 Å². The van der Waals surface area contributed by atoms with Crippen LogP contribution in [0.1, 0.15) is 21.5 Å². The van der Waals surface area contributed by atoms with E-state index in [1.807, 2.05) is 26.0 Å². The highest BCUT2D eigenvalue weighted by molar-refractivity contribution is 6.00. The Morgan fingerprint density at radius 2 is 1.80 bits per heavy atom. The van der Waals surface area contributed by atoms with Gasteiger partial charge in [0, 0.05) is 18.4 Å². The lowest BCUT2D eigenvalue weighted by atomic mass is 10.1. The van der Waals surface area contributed by atoms with Crippen molar-refractivity contribution in [3.8, 4) is 0 Å². The van der Waals surface area contributed by atoms with Crippen molar-refractivity contribution in [1.29, 1.82) is 0 Å². The Kier molecular flexibility index (Phi) is 3.94. The molecule has 20 heavy (non-hydrogen) atoms. The molecular formula is C16H19N3O. The molecule has 0 saturated carbocycles. The zero-order chi connectivity index (χ0) is 14.7. The fourth-order valence-corrected chi connectivity index (χ4v) is 2.01. The Bertz CT molecular complexity index is 650. The van der Waals surface area contributed by atoms with Gasteiger partial charge in [-0.2, -0.15) is 0 Å². The normalized spacial score (nSPS) is 10.2. The summed E-state index contributed by atoms with van der Waals surface area (Å²) in [5, 5.41) is 5.93. The van der Waals surface area contributed by atoms with Crippen molar-refractivity contribution in [2.45, 2.75) is 13.8 Å². The Morgan fingerprint density at radius 1 is 1.05 bits per heavy atom. The number of benzene rings is 2. The number of hydrogen-bond donors (Lipinski definition) is 3. The molecule has 0 radical (unpaired) electrons. The van der Waals surface area contributed by atoms with E-state index >= 15 is 0 Å². The zero-order valence-corrected chi connectivity index (χ0v) is 11.9. The highest BCUT2D eigenvalue weighted by atomic mass is 16.1. The summed E-state index contributed by atoms with van der Waals surface area (Å²) in [7, 11) is 1.61. The van der Waals surface area contributed by atoms with Crippen LogP contribution >= 0.6 is 0 Å². The van der Waals surface area contributed by atoms with Gasteiger partial charge in [-0.3, -0.25) is 4.79 Å². The zero-order valence-electron chi connectivity index (χ0n) is 11.9. The standard InChI is InChI=1S/C16H19N3O/c1-10-4-5-11(2)14(8-10)19-15-9-12(17)6-7-13(15)16(20)18-3/h4-9,19H,17H2,1-3H3,(H,18,20). The van der Waals surface area contributed by atoms with Crippen LogP contribution in [-0.4, -0.2) is 13.0 Å². The number of carbonyl (C=O) groups excluding carboxylic acids is 1. The third-order valence-electron chi connectivity index (χ3n) is 3.18. The molecule has 4 heteroatoms. The van der Waals surface area contributed by atoms with Gasteiger partial charge >= 0.3 is 0 Å². The number of aryl methyl sites for hydroxylation is 2. The molecule has 104 valence electrons. The summed E-state index contributed by atoms with van der Waals surface area (Å²) in [5.74, 6) is -0.141. The van der Waals surface area contributed by atoms with Crippen LogP contribution in [0.2, 0.25) is 0 Å². The van der Waals surface area contributed by atoms with Gasteiger partial charge in [-0.1, -0.05) is 12.1 Å². The summed E-state index contributed by atoms with van der Waals surface area (Å²) in [6, 6.07) is 11.4. The quantitative estimate of drug-likeness (QED) is 0.750. The molecular weight excluding hydrogens is 250 g/mol. The maximum absolute atomic E-state index is 11.9. The summed E-state index contributed by atoms with van der Waals surface area (Å²) in [6.45, 7) is 4.05. The first kappa shape index (κ1) is 13.9. The first-order valence-corrected chi connectivity index (χ1v) is 6.47. The van der Waals surface area contributed by atoms with Gasteiger partial charge in [0.05, 0.1) is 11.3 Å². The molecule has 0 heterocycles. The average molecular weight is 269 g/mol. The van der Waals surface area contributed by atoms with Crippen molar-refractivity contribution in [2.75, 3.05) is 18.1 Å². The first-order chi connectivity index (χ1) is 9.51. The Hall–Kier alpha value is -2.49. The number of amides is 1. The molecule has 0 saturated heterocycles. The molecule has 0 bridgehead atoms. The molecule has 2 aromatic carbocycles. The Balaban J connectivity index is 2.44. The molecule has 0 spiro atoms. The molecule has 2 rings (SSSR count). The van der Waals surface area contributed by atoms with Crippen molar-refractivity contribution in [3.63, 3.8) is 0 Å². The summed E-state index contributed by atoms with van der Waals surface area (Å²) in [4.78, 5) is 11.9. The maximum atomic E-state index is 11.9. The number of rotatable bonds is 3. The van der Waals surface area contributed by atoms with Gasteiger partial charge in [0.1, 0.15) is 0 Å². The third kappa shape index (κ3) is 2.91. The summed E-state index contributed by atoms with van der Waals surface area (Å²) in [6.07, 6.45) is 0. The fourth-order valence-electron chi connectivity index (χ4n) is 2.01. The molecule has 0 aromatic heterocycles. The van der Waals surface area contributed by atoms with E-state index in [0.717, 1.165) is 16.8 Å². The van der Waals surface area contributed by atoms with Crippen molar-refractivity contribution in [2.24, 2.45) is 0 Å². The number of anilines is 3. The van der Waals surface area contributed by atoms with E-state index in [4.69, 9.17) is 5.73 Å². The summed E-state index contributed by atoms with van der Waals surface area (Å²) in [5.41, 5.74) is 11.0. The number of nitrogen functional groups attached to an aromatic ring is 1. The number of hydrogen-bond acceptors (Lipinski definition) is 3. The second-order valence-corrected chi connectivity index (χ2v) is 4.83. The van der Waals surface area contributed by atoms with Gasteiger partial charge in [0.15, 0.2) is 0 Å². The highest BCUT2D eigenvalue weighted by Crippen LogP contribution is 2.26. The van der Waals surface area contributed by atoms with E-state index in [2.05, 4.69) is 16.7 Å². The lowest BCUT2D eigenvalue weighted by Crippen LogP contribution is -2.19. The van der Waals surface area contributed by atoms with E-state index in [9.17, 15) is 4.79 Å². The van der Waals surface area contributed by atoms with E-state index in [0.29, 0.717) is 16.9 Å². The molecule has 0 atom stereocenters. The monoisotopic (exact) mass is 269 g/mol. The van der Waals surface area contributed by atoms with Gasteiger partial charge in [-0.25, -0.2) is 0 Å². The van der Waals surface area contributed by atoms with Crippen LogP contribution in [0.3, 0.4) is 0 Å². The van der Waals surface area contributed by atoms with Gasteiger partial charge in [-0.15, -0.1) is 0 Å². The second-order valence-electron chi connectivity index (χ2n) is 4.83. The molecule has 1 amide bonds. The minimum Gasteiger partial charge on any atom is -0.399 e. The summed E-state index contributed by atoms with van der Waals surface area (Å²) >= 11 is 0. The molecule has 0 fully saturated rings. The number of nitrogens with two attached hydrogens (primary N) is 1. The van der Waals surface area contributed by atoms with Crippen LogP contribution in [0, 0.1) is 13.8 Å². The highest BCUT2D eigenvalue weighted by Gasteiger charge is 2.11. The van der Waals surface area contributed by atoms with Gasteiger partial charge < -0.3 is 16.4 Å². The smallest absolute Gasteiger partial charge is 0.253 e. The second kappa shape index (κ2) is 5.65. The van der Waals surface area contributed by atoms with Gasteiger partial charge in [0.2, 0.25) is 0 Å². The fraction of sp³-hybridized carbons (Fsp3) is 0.188. The molecule has 4 nitrogen and oxygen atoms in total. The third-order valence-corrected chi connectivity index (χ3v) is 3.18. The predicted molar refractivity (Wildman–Crippen MR) is 83.4 cm³/mol. The Morgan fingerprint density at radius 3 is 2.50 bits per heavy atom. The SMILES string of the molecule is CNC(=O)c1ccc(N)cc1Nc1cc(C)ccc1C. The molecule has 0 aliphatic carbocycles. The number of carbonyl (C=O) groups is 1. The predicted octanol–water partition coefficient (Wildman–Crippen LogP) is 2.99. The topological polar surface area (TPSA) is 67.2 Å². The number of nitrogens with one attached hydrogen (secondary N) is 2. The molecule has 2 aromatic rings. The van der Waals surface area contributed by atoms with Crippen molar-refractivity contribution < 1.29 is 4.79 Å². The molecule has 4 N–H and O–H groups in total. The van der Waals surface area contributed by atoms with Crippen LogP contribution in [0.15, 0.2) is 36.4 Å². The molecule has 0 aliphatic rings. The van der Waals surface area contributed by atoms with E-state index in [-0.39, 0.29) is 5.91 Å². The van der Waals surface area contributed by atoms with E-state index in [1.165, 1.54) is 0 Å². The largest absolute Gasteiger partial charge is 0.399 e. The summed E-state index contributed by atoms with van der Waals surface area (Å²) < 4.78 is 0. The minimum atomic E-state index is -0.141. The molecule has 0 aliphatic heterocycles. The van der Waals surface area contributed by atoms with Crippen LogP contribution in [-0.2, 0) is 0 Å². The van der Waals surface area contributed by atoms with Crippen LogP contribution in [0.25, 0.3) is 0 Å². The van der Waals surface area contributed by atoms with E-state index in [1.54, 1.807) is 25.2 Å². The lowest BCUT2D eigenvalue weighted by molar-refractivity contribution is 0.0964. The van der Waals surface area contributed by atoms with Gasteiger partial charge in [-0.05, 0) is 49.2 Å². The average Bonchev–Trinajstić information content (AvgIpc) is 2.42. The van der Waals surface area contributed by atoms with Crippen molar-refractivity contribution in [1.82, 2.24) is 5.32 Å². The van der Waals surface area contributed by atoms with Crippen LogP contribution in [0.4, 0.5) is 17.1 Å². The van der Waals surface area contributed by atoms with Gasteiger partial charge in [0.25, 0.3) is 5.91 Å². The maximum Gasteiger partial charge on any atom is 0.253 e. The van der Waals surface area contributed by atoms with Crippen LogP contribution in [0.5, 0.6) is 0 Å². The van der Waals surface area contributed by atoms with E-state index < -0.39 is 0 Å². The molecule has 0 unspecified atom stereocenters. The van der Waals surface area contributed by atoms with Crippen LogP contribution < -0.4 is 16.4 Å². The first-order valence-electron chi connectivity index (χ1n) is 6.47.